The molecular formula is C21H24N4O2. The van der Waals surface area contributed by atoms with E-state index in [0.717, 1.165) is 46.6 Å². The molecule has 0 aliphatic carbocycles. The quantitative estimate of drug-likeness (QED) is 0.707. The molecule has 0 N–H and O–H groups in total. The molecule has 1 amide bonds. The van der Waals surface area contributed by atoms with E-state index in [1.807, 2.05) is 34.7 Å². The first-order valence-electron chi connectivity index (χ1n) is 9.34. The van der Waals surface area contributed by atoms with Crippen molar-refractivity contribution in [2.24, 2.45) is 0 Å². The van der Waals surface area contributed by atoms with Crippen molar-refractivity contribution in [3.8, 4) is 5.75 Å². The van der Waals surface area contributed by atoms with Gasteiger partial charge in [0.2, 0.25) is 0 Å². The number of aryl methyl sites for hydroxylation is 2. The lowest BCUT2D eigenvalue weighted by Crippen LogP contribution is -2.36. The van der Waals surface area contributed by atoms with Crippen molar-refractivity contribution in [3.05, 3.63) is 47.3 Å². The maximum atomic E-state index is 13.6. The number of carbonyl (C=O) groups is 1. The summed E-state index contributed by atoms with van der Waals surface area (Å²) in [4.78, 5) is 20.1. The highest BCUT2D eigenvalue weighted by atomic mass is 16.5. The minimum Gasteiger partial charge on any atom is -0.495 e. The third kappa shape index (κ3) is 2.85. The lowest BCUT2D eigenvalue weighted by Gasteiger charge is -2.31. The third-order valence-corrected chi connectivity index (χ3v) is 5.06. The van der Waals surface area contributed by atoms with Gasteiger partial charge in [0.1, 0.15) is 5.75 Å². The van der Waals surface area contributed by atoms with Crippen LogP contribution in [0.15, 0.2) is 30.5 Å². The molecule has 140 valence electrons. The number of anilines is 1. The molecule has 0 saturated carbocycles. The normalized spacial score (nSPS) is 13.9. The molecule has 6 nitrogen and oxygen atoms in total. The van der Waals surface area contributed by atoms with Crippen LogP contribution in [0.3, 0.4) is 0 Å². The number of rotatable bonds is 3. The van der Waals surface area contributed by atoms with Crippen LogP contribution in [0.4, 0.5) is 5.69 Å². The van der Waals surface area contributed by atoms with E-state index in [-0.39, 0.29) is 11.9 Å². The first-order chi connectivity index (χ1) is 13.0. The van der Waals surface area contributed by atoms with Crippen LogP contribution in [0.25, 0.3) is 11.0 Å². The van der Waals surface area contributed by atoms with Crippen molar-refractivity contribution in [2.75, 3.05) is 18.6 Å². The SMILES string of the molecule is COc1cccc2c1N(C(=O)c1cc(C)nc3c1cnn3C(C)C)CCC2. The van der Waals surface area contributed by atoms with Gasteiger partial charge in [-0.25, -0.2) is 9.67 Å². The van der Waals surface area contributed by atoms with Gasteiger partial charge in [0, 0.05) is 18.3 Å². The number of pyridine rings is 1. The zero-order chi connectivity index (χ0) is 19.1. The molecule has 0 fully saturated rings. The Morgan fingerprint density at radius 1 is 1.30 bits per heavy atom. The average Bonchev–Trinajstić information content (AvgIpc) is 3.09. The number of fused-ring (bicyclic) bond motifs is 2. The minimum atomic E-state index is -0.0285. The maximum absolute atomic E-state index is 13.6. The fourth-order valence-corrected chi connectivity index (χ4v) is 3.83. The van der Waals surface area contributed by atoms with Crippen molar-refractivity contribution < 1.29 is 9.53 Å². The van der Waals surface area contributed by atoms with Crippen LogP contribution in [0.1, 0.15) is 47.9 Å². The Labute approximate surface area is 158 Å². The van der Waals surface area contributed by atoms with Crippen molar-refractivity contribution in [1.29, 1.82) is 0 Å². The van der Waals surface area contributed by atoms with Crippen LogP contribution in [0, 0.1) is 6.92 Å². The summed E-state index contributed by atoms with van der Waals surface area (Å²) in [5.41, 5.74) is 4.24. The van der Waals surface area contributed by atoms with Gasteiger partial charge < -0.3 is 9.64 Å². The fraction of sp³-hybridized carbons (Fsp3) is 0.381. The Kier molecular flexibility index (Phi) is 4.34. The second kappa shape index (κ2) is 6.68. The van der Waals surface area contributed by atoms with Crippen molar-refractivity contribution in [1.82, 2.24) is 14.8 Å². The zero-order valence-corrected chi connectivity index (χ0v) is 16.2. The Hall–Kier alpha value is -2.89. The summed E-state index contributed by atoms with van der Waals surface area (Å²) in [6.45, 7) is 6.71. The number of amides is 1. The summed E-state index contributed by atoms with van der Waals surface area (Å²) >= 11 is 0. The standard InChI is InChI=1S/C21H24N4O2/c1-13(2)25-20-17(12-22-25)16(11-14(3)23-20)21(26)24-10-6-8-15-7-5-9-18(27-4)19(15)24/h5,7,9,11-13H,6,8,10H2,1-4H3. The van der Waals surface area contributed by atoms with Crippen LogP contribution >= 0.6 is 0 Å². The van der Waals surface area contributed by atoms with E-state index < -0.39 is 0 Å². The number of nitrogens with zero attached hydrogens (tertiary/aromatic N) is 4. The summed E-state index contributed by atoms with van der Waals surface area (Å²) in [6, 6.07) is 8.00. The zero-order valence-electron chi connectivity index (χ0n) is 16.2. The van der Waals surface area contributed by atoms with Crippen LogP contribution in [0.2, 0.25) is 0 Å². The van der Waals surface area contributed by atoms with Gasteiger partial charge in [-0.1, -0.05) is 12.1 Å². The predicted molar refractivity (Wildman–Crippen MR) is 106 cm³/mol. The number of benzene rings is 1. The van der Waals surface area contributed by atoms with Crippen molar-refractivity contribution in [2.45, 2.75) is 39.7 Å². The van der Waals surface area contributed by atoms with E-state index in [1.54, 1.807) is 13.3 Å². The largest absolute Gasteiger partial charge is 0.495 e. The molecular weight excluding hydrogens is 340 g/mol. The third-order valence-electron chi connectivity index (χ3n) is 5.06. The van der Waals surface area contributed by atoms with Gasteiger partial charge in [0.25, 0.3) is 5.91 Å². The Morgan fingerprint density at radius 3 is 2.85 bits per heavy atom. The van der Waals surface area contributed by atoms with E-state index in [9.17, 15) is 4.79 Å². The highest BCUT2D eigenvalue weighted by Crippen LogP contribution is 2.37. The molecule has 1 aliphatic rings. The number of methoxy groups -OCH3 is 1. The molecule has 6 heteroatoms. The van der Waals surface area contributed by atoms with Crippen LogP contribution < -0.4 is 9.64 Å². The molecule has 0 atom stereocenters. The molecule has 0 saturated heterocycles. The fourth-order valence-electron chi connectivity index (χ4n) is 3.83. The van der Waals surface area contributed by atoms with Gasteiger partial charge in [-0.3, -0.25) is 4.79 Å². The summed E-state index contributed by atoms with van der Waals surface area (Å²) in [5.74, 6) is 0.708. The van der Waals surface area contributed by atoms with Crippen molar-refractivity contribution in [3.63, 3.8) is 0 Å². The molecule has 0 unspecified atom stereocenters. The van der Waals surface area contributed by atoms with E-state index in [0.29, 0.717) is 12.1 Å². The van der Waals surface area contributed by atoms with Crippen LogP contribution in [-0.4, -0.2) is 34.3 Å². The molecule has 0 bridgehead atoms. The van der Waals surface area contributed by atoms with E-state index in [2.05, 4.69) is 30.0 Å². The Balaban J connectivity index is 1.86. The lowest BCUT2D eigenvalue weighted by atomic mass is 9.99. The van der Waals surface area contributed by atoms with Gasteiger partial charge in [0.05, 0.1) is 29.9 Å². The van der Waals surface area contributed by atoms with Gasteiger partial charge in [0.15, 0.2) is 5.65 Å². The number of aromatic nitrogens is 3. The molecule has 1 aliphatic heterocycles. The molecule has 0 radical (unpaired) electrons. The second-order valence-corrected chi connectivity index (χ2v) is 7.26. The predicted octanol–water partition coefficient (Wildman–Crippen LogP) is 3.92. The van der Waals surface area contributed by atoms with E-state index in [1.165, 1.54) is 0 Å². The summed E-state index contributed by atoms with van der Waals surface area (Å²) < 4.78 is 7.42. The number of para-hydroxylation sites is 1. The maximum Gasteiger partial charge on any atom is 0.259 e. The number of hydrogen-bond acceptors (Lipinski definition) is 4. The molecule has 27 heavy (non-hydrogen) atoms. The van der Waals surface area contributed by atoms with Gasteiger partial charge in [-0.05, 0) is 51.3 Å². The van der Waals surface area contributed by atoms with Gasteiger partial charge in [-0.2, -0.15) is 5.10 Å². The van der Waals surface area contributed by atoms with Gasteiger partial charge in [-0.15, -0.1) is 0 Å². The summed E-state index contributed by atoms with van der Waals surface area (Å²) in [5, 5.41) is 5.25. The highest BCUT2D eigenvalue weighted by Gasteiger charge is 2.28. The first kappa shape index (κ1) is 17.5. The number of hydrogen-bond donors (Lipinski definition) is 0. The molecule has 3 heterocycles. The molecule has 1 aromatic carbocycles. The topological polar surface area (TPSA) is 60.2 Å². The molecule has 0 spiro atoms. The monoisotopic (exact) mass is 364 g/mol. The van der Waals surface area contributed by atoms with E-state index >= 15 is 0 Å². The Morgan fingerprint density at radius 2 is 2.11 bits per heavy atom. The van der Waals surface area contributed by atoms with E-state index in [4.69, 9.17) is 4.74 Å². The van der Waals surface area contributed by atoms with Crippen LogP contribution in [-0.2, 0) is 6.42 Å². The molecule has 4 rings (SSSR count). The average molecular weight is 364 g/mol. The van der Waals surface area contributed by atoms with Gasteiger partial charge >= 0.3 is 0 Å². The molecule has 3 aromatic rings. The lowest BCUT2D eigenvalue weighted by molar-refractivity contribution is 0.0985. The second-order valence-electron chi connectivity index (χ2n) is 7.26. The number of carbonyl (C=O) groups excluding carboxylic acids is 1. The first-order valence-corrected chi connectivity index (χ1v) is 9.34. The van der Waals surface area contributed by atoms with Crippen molar-refractivity contribution >= 4 is 22.6 Å². The smallest absolute Gasteiger partial charge is 0.259 e. The summed E-state index contributed by atoms with van der Waals surface area (Å²) in [6.07, 6.45) is 3.64. The van der Waals surface area contributed by atoms with Crippen LogP contribution in [0.5, 0.6) is 5.75 Å². The minimum absolute atomic E-state index is 0.0285. The summed E-state index contributed by atoms with van der Waals surface area (Å²) in [7, 11) is 1.65. The Bertz CT molecular complexity index is 1010. The molecule has 2 aromatic heterocycles. The highest BCUT2D eigenvalue weighted by molar-refractivity contribution is 6.14. The number of ether oxygens (including phenoxy) is 1.